The molecule has 3 aromatic heterocycles. The van der Waals surface area contributed by atoms with Crippen LogP contribution < -0.4 is 10.7 Å². The zero-order valence-electron chi connectivity index (χ0n) is 14.3. The van der Waals surface area contributed by atoms with Gasteiger partial charge in [-0.25, -0.2) is 19.3 Å². The molecule has 2 N–H and O–H groups in total. The van der Waals surface area contributed by atoms with Crippen LogP contribution in [0.5, 0.6) is 0 Å². The third-order valence-electron chi connectivity index (χ3n) is 4.03. The Kier molecular flexibility index (Phi) is 4.99. The number of aromatic amines is 1. The second-order valence-electron chi connectivity index (χ2n) is 5.99. The number of hydrogen-bond acceptors (Lipinski definition) is 6. The Balaban J connectivity index is 1.35. The quantitative estimate of drug-likeness (QED) is 0.502. The Morgan fingerprint density at radius 3 is 2.89 bits per heavy atom. The molecule has 0 atom stereocenters. The number of aromatic nitrogens is 4. The topological polar surface area (TPSA) is 83.6 Å². The van der Waals surface area contributed by atoms with Gasteiger partial charge in [-0.15, -0.1) is 11.3 Å². The first-order chi connectivity index (χ1) is 13.2. The number of H-pyrrole nitrogens is 1. The molecule has 4 aromatic rings. The first-order valence-corrected chi connectivity index (χ1v) is 9.31. The summed E-state index contributed by atoms with van der Waals surface area (Å²) in [7, 11) is 0. The number of halogens is 1. The molecule has 0 saturated carbocycles. The molecule has 6 nitrogen and oxygen atoms in total. The van der Waals surface area contributed by atoms with E-state index in [4.69, 9.17) is 0 Å². The van der Waals surface area contributed by atoms with Crippen molar-refractivity contribution in [3.8, 4) is 10.8 Å². The largest absolute Gasteiger partial charge is 0.357 e. The van der Waals surface area contributed by atoms with Crippen molar-refractivity contribution in [1.82, 2.24) is 25.3 Å². The summed E-state index contributed by atoms with van der Waals surface area (Å²) in [5.41, 5.74) is 2.17. The van der Waals surface area contributed by atoms with E-state index >= 15 is 0 Å². The van der Waals surface area contributed by atoms with Crippen LogP contribution >= 0.6 is 11.3 Å². The van der Waals surface area contributed by atoms with Gasteiger partial charge in [0.1, 0.15) is 5.82 Å². The molecule has 0 unspecified atom stereocenters. The monoisotopic (exact) mass is 381 g/mol. The molecule has 0 radical (unpaired) electrons. The first kappa shape index (κ1) is 17.4. The molecule has 4 rings (SSSR count). The fraction of sp³-hybridized carbons (Fsp3) is 0.158. The van der Waals surface area contributed by atoms with Gasteiger partial charge < -0.3 is 10.3 Å². The van der Waals surface area contributed by atoms with E-state index in [2.05, 4.69) is 25.3 Å². The van der Waals surface area contributed by atoms with E-state index < -0.39 is 5.82 Å². The van der Waals surface area contributed by atoms with Gasteiger partial charge in [-0.2, -0.15) is 0 Å². The van der Waals surface area contributed by atoms with Gasteiger partial charge in [-0.3, -0.25) is 4.79 Å². The molecule has 0 aliphatic heterocycles. The predicted octanol–water partition coefficient (Wildman–Crippen LogP) is 2.91. The lowest BCUT2D eigenvalue weighted by Gasteiger charge is -2.06. The molecule has 136 valence electrons. The average molecular weight is 381 g/mol. The molecule has 0 aliphatic rings. The average Bonchev–Trinajstić information content (AvgIpc) is 3.16. The van der Waals surface area contributed by atoms with E-state index in [0.717, 1.165) is 22.8 Å². The summed E-state index contributed by atoms with van der Waals surface area (Å²) in [4.78, 5) is 28.2. The van der Waals surface area contributed by atoms with Crippen LogP contribution in [0.4, 0.5) is 4.39 Å². The standard InChI is InChI=1S/C19H16FN5OS/c20-12-2-3-16-15(8-12)17(26)9-14(24-16)10-21-7-4-13-11-27-19(25-13)18-22-5-1-6-23-18/h1-3,5-6,8-9,11,21H,4,7,10H2,(H,24,26). The zero-order valence-corrected chi connectivity index (χ0v) is 15.1. The van der Waals surface area contributed by atoms with Gasteiger partial charge in [0, 0.05) is 59.9 Å². The summed E-state index contributed by atoms with van der Waals surface area (Å²) in [6.45, 7) is 1.23. The van der Waals surface area contributed by atoms with Crippen LogP contribution in [0.2, 0.25) is 0 Å². The Labute approximate surface area is 158 Å². The number of nitrogens with one attached hydrogen (secondary N) is 2. The van der Waals surface area contributed by atoms with E-state index in [1.807, 2.05) is 5.38 Å². The van der Waals surface area contributed by atoms with E-state index in [9.17, 15) is 9.18 Å². The maximum absolute atomic E-state index is 13.3. The molecule has 0 amide bonds. The lowest BCUT2D eigenvalue weighted by atomic mass is 10.2. The highest BCUT2D eigenvalue weighted by molar-refractivity contribution is 7.13. The van der Waals surface area contributed by atoms with Crippen molar-refractivity contribution in [3.63, 3.8) is 0 Å². The van der Waals surface area contributed by atoms with Gasteiger partial charge in [0.05, 0.1) is 5.69 Å². The van der Waals surface area contributed by atoms with Gasteiger partial charge in [0.15, 0.2) is 16.3 Å². The maximum atomic E-state index is 13.3. The molecule has 0 fully saturated rings. The summed E-state index contributed by atoms with van der Waals surface area (Å²) in [5.74, 6) is 0.217. The Bertz CT molecular complexity index is 1130. The van der Waals surface area contributed by atoms with Gasteiger partial charge in [0.25, 0.3) is 0 Å². The van der Waals surface area contributed by atoms with Gasteiger partial charge in [0.2, 0.25) is 0 Å². The van der Waals surface area contributed by atoms with E-state index in [1.165, 1.54) is 29.5 Å². The molecule has 8 heteroatoms. The molecule has 0 saturated heterocycles. The lowest BCUT2D eigenvalue weighted by Crippen LogP contribution is -2.19. The van der Waals surface area contributed by atoms with E-state index in [0.29, 0.717) is 29.8 Å². The smallest absolute Gasteiger partial charge is 0.189 e. The molecule has 0 spiro atoms. The molecule has 0 bridgehead atoms. The fourth-order valence-corrected chi connectivity index (χ4v) is 3.54. The van der Waals surface area contributed by atoms with Crippen LogP contribution in [0.25, 0.3) is 21.7 Å². The summed E-state index contributed by atoms with van der Waals surface area (Å²) < 4.78 is 13.3. The van der Waals surface area contributed by atoms with E-state index in [-0.39, 0.29) is 5.43 Å². The second kappa shape index (κ2) is 7.73. The maximum Gasteiger partial charge on any atom is 0.189 e. The van der Waals surface area contributed by atoms with E-state index in [1.54, 1.807) is 24.5 Å². The van der Waals surface area contributed by atoms with Crippen LogP contribution in [0, 0.1) is 5.82 Å². The summed E-state index contributed by atoms with van der Waals surface area (Å²) >= 11 is 1.52. The van der Waals surface area contributed by atoms with Crippen LogP contribution in [-0.2, 0) is 13.0 Å². The summed E-state index contributed by atoms with van der Waals surface area (Å²) in [6.07, 6.45) is 4.15. The van der Waals surface area contributed by atoms with Crippen molar-refractivity contribution >= 4 is 22.2 Å². The van der Waals surface area contributed by atoms with Crippen molar-refractivity contribution in [2.24, 2.45) is 0 Å². The fourth-order valence-electron chi connectivity index (χ4n) is 2.74. The zero-order chi connectivity index (χ0) is 18.6. The Hall–Kier alpha value is -2.97. The third kappa shape index (κ3) is 4.07. The molecule has 0 aliphatic carbocycles. The first-order valence-electron chi connectivity index (χ1n) is 8.43. The number of pyridine rings is 1. The SMILES string of the molecule is O=c1cc(CNCCc2csc(-c3ncccn3)n2)[nH]c2ccc(F)cc12. The van der Waals surface area contributed by atoms with Gasteiger partial charge in [-0.1, -0.05) is 0 Å². The van der Waals surface area contributed by atoms with Gasteiger partial charge in [-0.05, 0) is 24.3 Å². The minimum Gasteiger partial charge on any atom is -0.357 e. The van der Waals surface area contributed by atoms with Crippen molar-refractivity contribution in [3.05, 3.63) is 75.5 Å². The second-order valence-corrected chi connectivity index (χ2v) is 6.85. The Morgan fingerprint density at radius 1 is 1.19 bits per heavy atom. The number of nitrogens with zero attached hydrogens (tertiary/aromatic N) is 3. The van der Waals surface area contributed by atoms with Crippen LogP contribution in [0.3, 0.4) is 0 Å². The number of hydrogen-bond donors (Lipinski definition) is 2. The number of fused-ring (bicyclic) bond motifs is 1. The predicted molar refractivity (Wildman–Crippen MR) is 103 cm³/mol. The minimum atomic E-state index is -0.414. The molecule has 1 aromatic carbocycles. The molecular formula is C19H16FN5OS. The molecule has 3 heterocycles. The van der Waals surface area contributed by atoms with Gasteiger partial charge >= 0.3 is 0 Å². The molecular weight excluding hydrogens is 365 g/mol. The van der Waals surface area contributed by atoms with Crippen molar-refractivity contribution in [1.29, 1.82) is 0 Å². The molecule has 27 heavy (non-hydrogen) atoms. The minimum absolute atomic E-state index is 0.188. The van der Waals surface area contributed by atoms with Crippen molar-refractivity contribution in [2.45, 2.75) is 13.0 Å². The highest BCUT2D eigenvalue weighted by Gasteiger charge is 2.07. The highest BCUT2D eigenvalue weighted by Crippen LogP contribution is 2.19. The van der Waals surface area contributed by atoms with Crippen LogP contribution in [0.15, 0.2) is 52.9 Å². The third-order valence-corrected chi connectivity index (χ3v) is 4.92. The summed E-state index contributed by atoms with van der Waals surface area (Å²) in [6, 6.07) is 7.45. The summed E-state index contributed by atoms with van der Waals surface area (Å²) in [5, 5.41) is 6.45. The van der Waals surface area contributed by atoms with Crippen molar-refractivity contribution < 1.29 is 4.39 Å². The lowest BCUT2D eigenvalue weighted by molar-refractivity contribution is 0.629. The number of benzene rings is 1. The highest BCUT2D eigenvalue weighted by atomic mass is 32.1. The Morgan fingerprint density at radius 2 is 2.04 bits per heavy atom. The van der Waals surface area contributed by atoms with Crippen LogP contribution in [-0.4, -0.2) is 26.5 Å². The normalized spacial score (nSPS) is 11.1. The van der Waals surface area contributed by atoms with Crippen LogP contribution in [0.1, 0.15) is 11.4 Å². The number of thiazole rings is 1. The number of rotatable bonds is 6. The van der Waals surface area contributed by atoms with Crippen molar-refractivity contribution in [2.75, 3.05) is 6.54 Å².